The lowest BCUT2D eigenvalue weighted by atomic mass is 10.2. The minimum absolute atomic E-state index is 0.0570. The van der Waals surface area contributed by atoms with Gasteiger partial charge in [0.2, 0.25) is 0 Å². The van der Waals surface area contributed by atoms with Crippen LogP contribution in [-0.4, -0.2) is 36.5 Å². The van der Waals surface area contributed by atoms with Crippen LogP contribution in [0.1, 0.15) is 31.2 Å². The first-order valence-corrected chi connectivity index (χ1v) is 8.33. The molecule has 2 aliphatic rings. The molecule has 2 fully saturated rings. The largest absolute Gasteiger partial charge is 0.483 e. The van der Waals surface area contributed by atoms with Gasteiger partial charge in [-0.1, -0.05) is 15.9 Å². The molecule has 0 saturated heterocycles. The van der Waals surface area contributed by atoms with Crippen LogP contribution in [0, 0.1) is 0 Å². The molecule has 0 aliphatic heterocycles. The number of carbonyl (C=O) groups excluding carboxylic acids is 1. The van der Waals surface area contributed by atoms with Gasteiger partial charge in [-0.25, -0.2) is 0 Å². The van der Waals surface area contributed by atoms with Crippen molar-refractivity contribution in [1.29, 1.82) is 0 Å². The van der Waals surface area contributed by atoms with Crippen LogP contribution in [0.2, 0.25) is 0 Å². The second-order valence-corrected chi connectivity index (χ2v) is 6.85. The molecule has 1 amide bonds. The molecule has 1 aromatic carbocycles. The monoisotopic (exact) mass is 352 g/mol. The molecule has 1 N–H and O–H groups in total. The molecule has 0 aromatic heterocycles. The fraction of sp³-hybridized carbons (Fsp3) is 0.562. The maximum absolute atomic E-state index is 12.0. The van der Waals surface area contributed by atoms with Gasteiger partial charge in [0.1, 0.15) is 5.75 Å². The van der Waals surface area contributed by atoms with Crippen LogP contribution < -0.4 is 10.1 Å². The highest BCUT2D eigenvalue weighted by Crippen LogP contribution is 2.27. The molecule has 2 aliphatic carbocycles. The van der Waals surface area contributed by atoms with Gasteiger partial charge in [-0.05, 0) is 43.9 Å². The van der Waals surface area contributed by atoms with Gasteiger partial charge in [0, 0.05) is 35.7 Å². The Morgan fingerprint density at radius 3 is 2.81 bits per heavy atom. The van der Waals surface area contributed by atoms with E-state index < -0.39 is 0 Å². The van der Waals surface area contributed by atoms with Gasteiger partial charge in [0.15, 0.2) is 6.61 Å². The van der Waals surface area contributed by atoms with Crippen molar-refractivity contribution in [3.8, 4) is 5.75 Å². The van der Waals surface area contributed by atoms with Gasteiger partial charge in [0.05, 0.1) is 0 Å². The molecule has 1 aromatic rings. The van der Waals surface area contributed by atoms with Crippen molar-refractivity contribution in [3.05, 3.63) is 28.2 Å². The number of halogens is 1. The third-order valence-electron chi connectivity index (χ3n) is 4.02. The van der Waals surface area contributed by atoms with Crippen molar-refractivity contribution in [2.45, 2.75) is 44.3 Å². The van der Waals surface area contributed by atoms with Gasteiger partial charge < -0.3 is 15.0 Å². The summed E-state index contributed by atoms with van der Waals surface area (Å²) in [7, 11) is 1.86. The normalized spacial score (nSPS) is 17.6. The summed E-state index contributed by atoms with van der Waals surface area (Å²) in [6, 6.07) is 7.02. The van der Waals surface area contributed by atoms with E-state index in [-0.39, 0.29) is 12.5 Å². The maximum Gasteiger partial charge on any atom is 0.260 e. The van der Waals surface area contributed by atoms with Crippen molar-refractivity contribution >= 4 is 21.8 Å². The number of likely N-dealkylation sites (N-methyl/N-ethyl adjacent to an activating group) is 1. The van der Waals surface area contributed by atoms with Crippen LogP contribution in [0.3, 0.4) is 0 Å². The first kappa shape index (κ1) is 14.9. The summed E-state index contributed by atoms with van der Waals surface area (Å²) < 4.78 is 6.79. The smallest absolute Gasteiger partial charge is 0.260 e. The highest BCUT2D eigenvalue weighted by Gasteiger charge is 2.29. The molecule has 0 heterocycles. The first-order chi connectivity index (χ1) is 10.1. The van der Waals surface area contributed by atoms with Gasteiger partial charge in [0.25, 0.3) is 5.91 Å². The van der Waals surface area contributed by atoms with Crippen LogP contribution in [0.5, 0.6) is 5.75 Å². The first-order valence-electron chi connectivity index (χ1n) is 7.54. The second-order valence-electron chi connectivity index (χ2n) is 5.93. The summed E-state index contributed by atoms with van der Waals surface area (Å²) in [5, 5.41) is 3.48. The Morgan fingerprint density at radius 2 is 2.14 bits per heavy atom. The zero-order chi connectivity index (χ0) is 14.8. The summed E-state index contributed by atoms with van der Waals surface area (Å²) in [4.78, 5) is 13.8. The minimum atomic E-state index is 0.0570. The topological polar surface area (TPSA) is 41.6 Å². The lowest BCUT2D eigenvalue weighted by Crippen LogP contribution is -2.33. The Labute approximate surface area is 134 Å². The highest BCUT2D eigenvalue weighted by molar-refractivity contribution is 9.10. The van der Waals surface area contributed by atoms with Crippen LogP contribution >= 0.6 is 15.9 Å². The minimum Gasteiger partial charge on any atom is -0.483 e. The number of benzene rings is 1. The molecular formula is C16H21BrN2O2. The third kappa shape index (κ3) is 4.20. The lowest BCUT2D eigenvalue weighted by molar-refractivity contribution is -0.132. The van der Waals surface area contributed by atoms with Crippen LogP contribution in [0.25, 0.3) is 0 Å². The number of carbonyl (C=O) groups is 1. The van der Waals surface area contributed by atoms with Crippen LogP contribution in [0.4, 0.5) is 0 Å². The Morgan fingerprint density at radius 1 is 1.38 bits per heavy atom. The van der Waals surface area contributed by atoms with Crippen molar-refractivity contribution < 1.29 is 9.53 Å². The zero-order valence-electron chi connectivity index (χ0n) is 12.3. The molecule has 0 atom stereocenters. The molecule has 0 radical (unpaired) electrons. The average Bonchev–Trinajstić information content (AvgIpc) is 3.36. The van der Waals surface area contributed by atoms with E-state index in [0.717, 1.165) is 35.2 Å². The molecule has 114 valence electrons. The summed E-state index contributed by atoms with van der Waals surface area (Å²) in [5.41, 5.74) is 1.10. The standard InChI is InChI=1S/C16H21BrN2O2/c1-19(14-5-6-14)16(20)10-21-15-7-2-12(17)8-11(15)9-18-13-3-4-13/h2,7-8,13-14,18H,3-6,9-10H2,1H3. The van der Waals surface area contributed by atoms with Crippen molar-refractivity contribution in [3.63, 3.8) is 0 Å². The maximum atomic E-state index is 12.0. The van der Waals surface area contributed by atoms with Crippen molar-refractivity contribution in [2.24, 2.45) is 0 Å². The summed E-state index contributed by atoms with van der Waals surface area (Å²) in [6.45, 7) is 0.900. The summed E-state index contributed by atoms with van der Waals surface area (Å²) >= 11 is 3.49. The van der Waals surface area contributed by atoms with Crippen LogP contribution in [-0.2, 0) is 11.3 Å². The second kappa shape index (κ2) is 6.36. The number of nitrogens with one attached hydrogen (secondary N) is 1. The molecular weight excluding hydrogens is 332 g/mol. The van der Waals surface area contributed by atoms with E-state index in [1.54, 1.807) is 4.90 Å². The van der Waals surface area contributed by atoms with E-state index in [0.29, 0.717) is 12.1 Å². The average molecular weight is 353 g/mol. The number of amides is 1. The van der Waals surface area contributed by atoms with Crippen molar-refractivity contribution in [2.75, 3.05) is 13.7 Å². The molecule has 5 heteroatoms. The van der Waals surface area contributed by atoms with E-state index in [4.69, 9.17) is 4.74 Å². The molecule has 21 heavy (non-hydrogen) atoms. The Hall–Kier alpha value is -1.07. The predicted molar refractivity (Wildman–Crippen MR) is 85.3 cm³/mol. The van der Waals surface area contributed by atoms with E-state index in [9.17, 15) is 4.79 Å². The zero-order valence-corrected chi connectivity index (χ0v) is 13.9. The fourth-order valence-electron chi connectivity index (χ4n) is 2.28. The molecule has 0 spiro atoms. The van der Waals surface area contributed by atoms with Gasteiger partial charge in [-0.15, -0.1) is 0 Å². The molecule has 4 nitrogen and oxygen atoms in total. The van der Waals surface area contributed by atoms with E-state index in [1.165, 1.54) is 12.8 Å². The number of ether oxygens (including phenoxy) is 1. The van der Waals surface area contributed by atoms with Crippen LogP contribution in [0.15, 0.2) is 22.7 Å². The molecule has 0 unspecified atom stereocenters. The van der Waals surface area contributed by atoms with E-state index >= 15 is 0 Å². The quantitative estimate of drug-likeness (QED) is 0.820. The third-order valence-corrected chi connectivity index (χ3v) is 4.51. The van der Waals surface area contributed by atoms with Gasteiger partial charge in [-0.3, -0.25) is 4.79 Å². The van der Waals surface area contributed by atoms with Gasteiger partial charge >= 0.3 is 0 Å². The SMILES string of the molecule is CN(C(=O)COc1ccc(Br)cc1CNC1CC1)C1CC1. The summed E-state index contributed by atoms with van der Waals surface area (Å²) in [6.07, 6.45) is 4.76. The van der Waals surface area contributed by atoms with Gasteiger partial charge in [-0.2, -0.15) is 0 Å². The lowest BCUT2D eigenvalue weighted by Gasteiger charge is -2.18. The number of hydrogen-bond donors (Lipinski definition) is 1. The van der Waals surface area contributed by atoms with E-state index in [2.05, 4.69) is 27.3 Å². The molecule has 3 rings (SSSR count). The number of rotatable bonds is 7. The Balaban J connectivity index is 1.58. The summed E-state index contributed by atoms with van der Waals surface area (Å²) in [5.74, 6) is 0.852. The van der Waals surface area contributed by atoms with Crippen molar-refractivity contribution in [1.82, 2.24) is 10.2 Å². The fourth-order valence-corrected chi connectivity index (χ4v) is 2.68. The molecule has 2 saturated carbocycles. The predicted octanol–water partition coefficient (Wildman–Crippen LogP) is 2.70. The number of hydrogen-bond acceptors (Lipinski definition) is 3. The molecule has 0 bridgehead atoms. The number of nitrogens with zero attached hydrogens (tertiary/aromatic N) is 1. The Bertz CT molecular complexity index is 527. The Kier molecular flexibility index (Phi) is 4.50. The highest BCUT2D eigenvalue weighted by atomic mass is 79.9. The van der Waals surface area contributed by atoms with E-state index in [1.807, 2.05) is 19.2 Å².